The molecule has 0 radical (unpaired) electrons. The summed E-state index contributed by atoms with van der Waals surface area (Å²) in [5.74, 6) is 0.0901. The molecule has 0 saturated carbocycles. The van der Waals surface area contributed by atoms with Gasteiger partial charge in [-0.25, -0.2) is 0 Å². The molecule has 2 aromatic heterocycles. The lowest BCUT2D eigenvalue weighted by Gasteiger charge is -2.04. The second-order valence-electron chi connectivity index (χ2n) is 7.29. The molecular weight excluding hydrogens is 338 g/mol. The van der Waals surface area contributed by atoms with Gasteiger partial charge in [0.15, 0.2) is 0 Å². The van der Waals surface area contributed by atoms with Crippen LogP contribution in [0.5, 0.6) is 0 Å². The van der Waals surface area contributed by atoms with Crippen LogP contribution in [0.3, 0.4) is 0 Å². The second-order valence-corrected chi connectivity index (χ2v) is 7.29. The van der Waals surface area contributed by atoms with Gasteiger partial charge in [0.25, 0.3) is 0 Å². The minimum Gasteiger partial charge on any atom is -0.361 e. The summed E-state index contributed by atoms with van der Waals surface area (Å²) < 4.78 is 2.08. The summed E-state index contributed by atoms with van der Waals surface area (Å²) in [6.07, 6.45) is 5.16. The van der Waals surface area contributed by atoms with Crippen molar-refractivity contribution in [2.24, 2.45) is 0 Å². The van der Waals surface area contributed by atoms with E-state index in [4.69, 9.17) is 0 Å². The average molecular weight is 365 g/mol. The number of carbonyl (C=O) groups is 1. The van der Waals surface area contributed by atoms with E-state index in [0.29, 0.717) is 19.4 Å². The number of carbonyl (C=O) groups excluding carboxylic acids is 1. The Balaban J connectivity index is 1.26. The molecule has 0 bridgehead atoms. The van der Waals surface area contributed by atoms with Crippen molar-refractivity contribution in [3.63, 3.8) is 0 Å². The molecule has 0 aliphatic carbocycles. The van der Waals surface area contributed by atoms with Crippen LogP contribution in [0.25, 0.3) is 10.9 Å². The van der Waals surface area contributed by atoms with Crippen LogP contribution < -0.4 is 10.6 Å². The van der Waals surface area contributed by atoms with E-state index >= 15 is 0 Å². The number of aromatic nitrogens is 3. The lowest BCUT2D eigenvalue weighted by molar-refractivity contribution is -0.121. The summed E-state index contributed by atoms with van der Waals surface area (Å²) in [7, 11) is 0. The fourth-order valence-corrected chi connectivity index (χ4v) is 3.78. The third-order valence-corrected chi connectivity index (χ3v) is 5.28. The number of nitrogens with one attached hydrogen (secondary N) is 3. The molecule has 3 heterocycles. The van der Waals surface area contributed by atoms with Gasteiger partial charge in [-0.05, 0) is 43.5 Å². The van der Waals surface area contributed by atoms with Crippen LogP contribution in [0.15, 0.2) is 30.5 Å². The van der Waals surface area contributed by atoms with E-state index < -0.39 is 0 Å². The highest BCUT2D eigenvalue weighted by Crippen LogP contribution is 2.21. The van der Waals surface area contributed by atoms with Gasteiger partial charge in [0.2, 0.25) is 5.91 Å². The average Bonchev–Trinajstić information content (AvgIpc) is 3.19. The Hall–Kier alpha value is -2.60. The molecular formula is C21H27N5O. The molecule has 6 heteroatoms. The lowest BCUT2D eigenvalue weighted by atomic mass is 10.1. The van der Waals surface area contributed by atoms with Crippen molar-refractivity contribution in [1.29, 1.82) is 0 Å². The molecule has 4 rings (SSSR count). The third-order valence-electron chi connectivity index (χ3n) is 5.28. The molecule has 142 valence electrons. The number of nitrogens with zero attached hydrogens (tertiary/aromatic N) is 2. The van der Waals surface area contributed by atoms with E-state index in [1.807, 2.05) is 0 Å². The van der Waals surface area contributed by atoms with E-state index in [0.717, 1.165) is 38.2 Å². The Kier molecular flexibility index (Phi) is 5.25. The Bertz CT molecular complexity index is 916. The fraction of sp³-hybridized carbons (Fsp3) is 0.429. The topological polar surface area (TPSA) is 74.7 Å². The number of benzene rings is 1. The molecule has 0 saturated heterocycles. The quantitative estimate of drug-likeness (QED) is 0.628. The minimum atomic E-state index is 0.0901. The first-order valence-electron chi connectivity index (χ1n) is 9.79. The molecule has 1 aromatic carbocycles. The third kappa shape index (κ3) is 4.06. The van der Waals surface area contributed by atoms with Crippen LogP contribution in [0.1, 0.15) is 35.4 Å². The normalized spacial score (nSPS) is 14.1. The van der Waals surface area contributed by atoms with Crippen LogP contribution in [0.2, 0.25) is 0 Å². The Labute approximate surface area is 159 Å². The zero-order valence-corrected chi connectivity index (χ0v) is 15.8. The summed E-state index contributed by atoms with van der Waals surface area (Å²) in [5.41, 5.74) is 5.91. The largest absolute Gasteiger partial charge is 0.361 e. The van der Waals surface area contributed by atoms with Gasteiger partial charge in [-0.15, -0.1) is 0 Å². The second kappa shape index (κ2) is 7.96. The van der Waals surface area contributed by atoms with Crippen molar-refractivity contribution in [2.45, 2.75) is 45.7 Å². The van der Waals surface area contributed by atoms with Gasteiger partial charge in [0.05, 0.1) is 11.4 Å². The minimum absolute atomic E-state index is 0.0901. The first-order chi connectivity index (χ1) is 13.2. The van der Waals surface area contributed by atoms with Gasteiger partial charge in [-0.3, -0.25) is 9.48 Å². The number of aromatic amines is 1. The monoisotopic (exact) mass is 365 g/mol. The Morgan fingerprint density at radius 2 is 2.26 bits per heavy atom. The number of hydrogen-bond acceptors (Lipinski definition) is 3. The number of para-hydroxylation sites is 1. The van der Waals surface area contributed by atoms with Gasteiger partial charge < -0.3 is 15.6 Å². The summed E-state index contributed by atoms with van der Waals surface area (Å²) in [6.45, 7) is 5.62. The van der Waals surface area contributed by atoms with Gasteiger partial charge in [0.1, 0.15) is 0 Å². The number of rotatable bonds is 6. The van der Waals surface area contributed by atoms with Gasteiger partial charge in [-0.1, -0.05) is 18.2 Å². The highest BCUT2D eigenvalue weighted by atomic mass is 16.1. The summed E-state index contributed by atoms with van der Waals surface area (Å²) in [5, 5.41) is 12.3. The first kappa shape index (κ1) is 17.8. The van der Waals surface area contributed by atoms with Gasteiger partial charge >= 0.3 is 0 Å². The van der Waals surface area contributed by atoms with E-state index in [9.17, 15) is 4.79 Å². The predicted molar refractivity (Wildman–Crippen MR) is 107 cm³/mol. The van der Waals surface area contributed by atoms with Crippen molar-refractivity contribution in [2.75, 3.05) is 13.1 Å². The van der Waals surface area contributed by atoms with Crippen LogP contribution in [0, 0.1) is 6.92 Å². The van der Waals surface area contributed by atoms with Crippen molar-refractivity contribution < 1.29 is 4.79 Å². The zero-order valence-electron chi connectivity index (χ0n) is 15.8. The van der Waals surface area contributed by atoms with E-state index in [2.05, 4.69) is 62.8 Å². The van der Waals surface area contributed by atoms with Crippen LogP contribution in [-0.4, -0.2) is 33.8 Å². The van der Waals surface area contributed by atoms with Crippen molar-refractivity contribution >= 4 is 16.8 Å². The number of fused-ring (bicyclic) bond motifs is 2. The molecule has 1 aliphatic rings. The first-order valence-corrected chi connectivity index (χ1v) is 9.79. The summed E-state index contributed by atoms with van der Waals surface area (Å²) in [4.78, 5) is 15.5. The highest BCUT2D eigenvalue weighted by Gasteiger charge is 2.12. The van der Waals surface area contributed by atoms with Gasteiger partial charge in [0, 0.05) is 49.6 Å². The SMILES string of the molecule is Cc1cccc2c(CCNC(=O)CCc3cc4n(n3)CCCNC4)c[nH]c12. The number of hydrogen-bond donors (Lipinski definition) is 3. The number of H-pyrrole nitrogens is 1. The highest BCUT2D eigenvalue weighted by molar-refractivity contribution is 5.86. The van der Waals surface area contributed by atoms with Crippen LogP contribution in [0.4, 0.5) is 0 Å². The summed E-state index contributed by atoms with van der Waals surface area (Å²) >= 11 is 0. The van der Waals surface area contributed by atoms with Crippen molar-refractivity contribution in [1.82, 2.24) is 25.4 Å². The smallest absolute Gasteiger partial charge is 0.220 e. The standard InChI is InChI=1S/C21H27N5O/c1-15-4-2-5-19-16(13-24-21(15)19)8-10-23-20(27)7-6-17-12-18-14-22-9-3-11-26(18)25-17/h2,4-5,12-13,22,24H,3,6-11,14H2,1H3,(H,23,27). The Morgan fingerprint density at radius 1 is 1.33 bits per heavy atom. The van der Waals surface area contributed by atoms with E-state index in [1.165, 1.54) is 27.7 Å². The van der Waals surface area contributed by atoms with Crippen LogP contribution in [-0.2, 0) is 30.7 Å². The molecule has 27 heavy (non-hydrogen) atoms. The molecule has 3 aromatic rings. The molecule has 3 N–H and O–H groups in total. The van der Waals surface area contributed by atoms with Crippen molar-refractivity contribution in [3.05, 3.63) is 53.0 Å². The molecule has 0 spiro atoms. The summed E-state index contributed by atoms with van der Waals surface area (Å²) in [6, 6.07) is 8.44. The molecule has 6 nitrogen and oxygen atoms in total. The fourth-order valence-electron chi connectivity index (χ4n) is 3.78. The van der Waals surface area contributed by atoms with E-state index in [-0.39, 0.29) is 5.91 Å². The number of amides is 1. The Morgan fingerprint density at radius 3 is 3.19 bits per heavy atom. The van der Waals surface area contributed by atoms with Gasteiger partial charge in [-0.2, -0.15) is 5.10 Å². The lowest BCUT2D eigenvalue weighted by Crippen LogP contribution is -2.25. The van der Waals surface area contributed by atoms with E-state index in [1.54, 1.807) is 0 Å². The maximum absolute atomic E-state index is 12.2. The zero-order chi connectivity index (χ0) is 18.6. The maximum Gasteiger partial charge on any atom is 0.220 e. The molecule has 1 aliphatic heterocycles. The predicted octanol–water partition coefficient (Wildman–Crippen LogP) is 2.46. The molecule has 1 amide bonds. The molecule has 0 fully saturated rings. The molecule has 0 unspecified atom stereocenters. The van der Waals surface area contributed by atoms with Crippen LogP contribution >= 0.6 is 0 Å². The van der Waals surface area contributed by atoms with Crippen molar-refractivity contribution in [3.8, 4) is 0 Å². The molecule has 0 atom stereocenters. The number of aryl methyl sites for hydroxylation is 3. The maximum atomic E-state index is 12.2.